The van der Waals surface area contributed by atoms with Crippen LogP contribution < -0.4 is 9.47 Å². The van der Waals surface area contributed by atoms with Crippen LogP contribution in [-0.2, 0) is 28.4 Å². The molecule has 4 rings (SSSR count). The average Bonchev–Trinajstić information content (AvgIpc) is 3.02. The lowest BCUT2D eigenvalue weighted by Crippen LogP contribution is -2.50. The lowest BCUT2D eigenvalue weighted by atomic mass is 9.81. The van der Waals surface area contributed by atoms with E-state index in [2.05, 4.69) is 93.5 Å². The zero-order chi connectivity index (χ0) is 34.2. The van der Waals surface area contributed by atoms with E-state index < -0.39 is 12.6 Å². The summed E-state index contributed by atoms with van der Waals surface area (Å²) in [6.07, 6.45) is 15.3. The number of hydrogen-bond acceptors (Lipinski definition) is 3. The molecule has 0 saturated carbocycles. The van der Waals surface area contributed by atoms with Crippen LogP contribution in [0.1, 0.15) is 186 Å². The molecule has 0 saturated heterocycles. The molecule has 264 valence electrons. The van der Waals surface area contributed by atoms with E-state index in [0.29, 0.717) is 0 Å². The van der Waals surface area contributed by atoms with Gasteiger partial charge in [-0.2, -0.15) is 0 Å². The Morgan fingerprint density at radius 2 is 0.894 bits per heavy atom. The van der Waals surface area contributed by atoms with Gasteiger partial charge in [-0.05, 0) is 85.5 Å². The Labute approximate surface area is 289 Å². The maximum atomic E-state index is 6.87. The van der Waals surface area contributed by atoms with Gasteiger partial charge >= 0.3 is 0 Å². The number of aryl methyl sites for hydroxylation is 2. The molecule has 0 radical (unpaired) electrons. The second kappa shape index (κ2) is 16.6. The number of ether oxygens (including phenoxy) is 3. The molecule has 2 bridgehead atoms. The van der Waals surface area contributed by atoms with Crippen LogP contribution in [0.5, 0.6) is 11.5 Å². The van der Waals surface area contributed by atoms with E-state index in [1.54, 1.807) is 0 Å². The van der Waals surface area contributed by atoms with Gasteiger partial charge in [-0.1, -0.05) is 113 Å². The molecule has 4 heteroatoms. The Balaban J connectivity index is 1.59. The fraction of sp³-hybridized carbons (Fsp3) is 0.721. The Bertz CT molecular complexity index is 1260. The Morgan fingerprint density at radius 1 is 0.511 bits per heavy atom. The number of rotatable bonds is 18. The van der Waals surface area contributed by atoms with Gasteiger partial charge in [0, 0.05) is 11.1 Å². The first-order chi connectivity index (χ1) is 22.4. The largest absolute Gasteiger partial charge is 0.459 e. The fourth-order valence-electron chi connectivity index (χ4n) is 7.61. The second-order valence-electron chi connectivity index (χ2n) is 16.9. The predicted octanol–water partition coefficient (Wildman–Crippen LogP) is 12.1. The van der Waals surface area contributed by atoms with Crippen LogP contribution in [-0.4, -0.2) is 30.7 Å². The van der Waals surface area contributed by atoms with Crippen LogP contribution in [0.15, 0.2) is 24.3 Å². The summed E-state index contributed by atoms with van der Waals surface area (Å²) in [6.45, 7) is 28.4. The van der Waals surface area contributed by atoms with Crippen molar-refractivity contribution >= 4 is 0 Å². The SMILES string of the molecule is CCCCCc1cc2c(c(C(C)(C)C)c1)OC1OC2Oc2c1cc(CCCC[N+](CCCC)(CCCC)CCCC)cc2C(C)(C)C. The molecule has 0 spiro atoms. The first-order valence-electron chi connectivity index (χ1n) is 19.5. The number of nitrogens with zero attached hydrogens (tertiary/aromatic N) is 1. The van der Waals surface area contributed by atoms with Crippen LogP contribution >= 0.6 is 0 Å². The van der Waals surface area contributed by atoms with E-state index in [-0.39, 0.29) is 10.8 Å². The second-order valence-corrected chi connectivity index (χ2v) is 16.9. The van der Waals surface area contributed by atoms with E-state index in [1.807, 2.05) is 0 Å². The molecule has 47 heavy (non-hydrogen) atoms. The Hall–Kier alpha value is -2.04. The summed E-state index contributed by atoms with van der Waals surface area (Å²) in [6, 6.07) is 9.43. The van der Waals surface area contributed by atoms with Gasteiger partial charge in [0.1, 0.15) is 11.5 Å². The quantitative estimate of drug-likeness (QED) is 0.119. The lowest BCUT2D eigenvalue weighted by molar-refractivity contribution is -0.929. The van der Waals surface area contributed by atoms with Crippen molar-refractivity contribution in [1.82, 2.24) is 0 Å². The number of unbranched alkanes of at least 4 members (excludes halogenated alkanes) is 6. The summed E-state index contributed by atoms with van der Waals surface area (Å²) < 4.78 is 21.6. The molecule has 4 nitrogen and oxygen atoms in total. The smallest absolute Gasteiger partial charge is 0.233 e. The molecule has 2 aliphatic heterocycles. The van der Waals surface area contributed by atoms with Crippen molar-refractivity contribution in [2.24, 2.45) is 0 Å². The average molecular weight is 649 g/mol. The molecule has 2 heterocycles. The Morgan fingerprint density at radius 3 is 1.28 bits per heavy atom. The molecular formula is C43H70NO3+. The third kappa shape index (κ3) is 9.56. The third-order valence-electron chi connectivity index (χ3n) is 10.6. The van der Waals surface area contributed by atoms with Crippen LogP contribution in [0, 0.1) is 0 Å². The molecule has 2 aromatic rings. The maximum Gasteiger partial charge on any atom is 0.233 e. The highest BCUT2D eigenvalue weighted by molar-refractivity contribution is 5.55. The molecule has 0 aromatic heterocycles. The van der Waals surface area contributed by atoms with E-state index in [0.717, 1.165) is 35.5 Å². The summed E-state index contributed by atoms with van der Waals surface area (Å²) in [5.74, 6) is 1.93. The molecular weight excluding hydrogens is 578 g/mol. The molecule has 2 aromatic carbocycles. The summed E-state index contributed by atoms with van der Waals surface area (Å²) in [5.41, 5.74) is 7.27. The number of quaternary nitrogens is 1. The van der Waals surface area contributed by atoms with E-state index >= 15 is 0 Å². The van der Waals surface area contributed by atoms with Crippen LogP contribution in [0.4, 0.5) is 0 Å². The zero-order valence-electron chi connectivity index (χ0n) is 32.2. The van der Waals surface area contributed by atoms with Crippen molar-refractivity contribution in [1.29, 1.82) is 0 Å². The minimum absolute atomic E-state index is 0.0448. The third-order valence-corrected chi connectivity index (χ3v) is 10.6. The fourth-order valence-corrected chi connectivity index (χ4v) is 7.61. The van der Waals surface area contributed by atoms with Gasteiger partial charge in [-0.15, -0.1) is 0 Å². The topological polar surface area (TPSA) is 27.7 Å². The minimum Gasteiger partial charge on any atom is -0.459 e. The summed E-state index contributed by atoms with van der Waals surface area (Å²) in [5, 5.41) is 0. The molecule has 0 aliphatic carbocycles. The Kier molecular flexibility index (Phi) is 13.3. The summed E-state index contributed by atoms with van der Waals surface area (Å²) in [4.78, 5) is 0. The highest BCUT2D eigenvalue weighted by Crippen LogP contribution is 2.53. The van der Waals surface area contributed by atoms with E-state index in [4.69, 9.17) is 14.2 Å². The van der Waals surface area contributed by atoms with E-state index in [9.17, 15) is 0 Å². The van der Waals surface area contributed by atoms with E-state index in [1.165, 1.54) is 124 Å². The number of hydrogen-bond donors (Lipinski definition) is 0. The molecule has 0 fully saturated rings. The van der Waals surface area contributed by atoms with Crippen LogP contribution in [0.3, 0.4) is 0 Å². The van der Waals surface area contributed by atoms with Gasteiger partial charge < -0.3 is 14.0 Å². The van der Waals surface area contributed by atoms with Gasteiger partial charge in [0.15, 0.2) is 0 Å². The highest BCUT2D eigenvalue weighted by Gasteiger charge is 2.42. The van der Waals surface area contributed by atoms with Crippen molar-refractivity contribution in [3.05, 3.63) is 57.6 Å². The van der Waals surface area contributed by atoms with Crippen molar-refractivity contribution in [3.63, 3.8) is 0 Å². The van der Waals surface area contributed by atoms with Gasteiger partial charge in [0.2, 0.25) is 12.6 Å². The summed E-state index contributed by atoms with van der Waals surface area (Å²) >= 11 is 0. The van der Waals surface area contributed by atoms with Gasteiger partial charge in [0.25, 0.3) is 0 Å². The van der Waals surface area contributed by atoms with Crippen LogP contribution in [0.2, 0.25) is 0 Å². The van der Waals surface area contributed by atoms with Crippen molar-refractivity contribution in [2.45, 2.75) is 176 Å². The maximum absolute atomic E-state index is 6.87. The monoisotopic (exact) mass is 649 g/mol. The van der Waals surface area contributed by atoms with Crippen molar-refractivity contribution < 1.29 is 18.7 Å². The zero-order valence-corrected chi connectivity index (χ0v) is 32.2. The molecule has 0 amide bonds. The predicted molar refractivity (Wildman–Crippen MR) is 199 cm³/mol. The molecule has 2 atom stereocenters. The van der Waals surface area contributed by atoms with Crippen molar-refractivity contribution in [3.8, 4) is 11.5 Å². The molecule has 2 unspecified atom stereocenters. The first kappa shape index (κ1) is 37.8. The summed E-state index contributed by atoms with van der Waals surface area (Å²) in [7, 11) is 0. The standard InChI is InChI=1S/C43H70NO3/c1-11-15-19-22-32-28-34-38(36(30-32)42(5,6)7)45-41-35-29-33(31-37(43(8,9)10)39(35)46-40(34)47-41)23-20-21-27-44(24-16-12-2,25-17-13-3)26-18-14-4/h28-31,40-41H,11-27H2,1-10H3/q+1. The number of fused-ring (bicyclic) bond motifs is 6. The number of benzene rings is 2. The lowest BCUT2D eigenvalue weighted by Gasteiger charge is -2.42. The van der Waals surface area contributed by atoms with Gasteiger partial charge in [-0.3, -0.25) is 4.74 Å². The highest BCUT2D eigenvalue weighted by atomic mass is 16.8. The minimum atomic E-state index is -0.453. The van der Waals surface area contributed by atoms with Gasteiger partial charge in [-0.25, -0.2) is 0 Å². The normalized spacial score (nSPS) is 17.6. The molecule has 0 N–H and O–H groups in total. The van der Waals surface area contributed by atoms with Gasteiger partial charge in [0.05, 0.1) is 37.3 Å². The van der Waals surface area contributed by atoms with Crippen LogP contribution in [0.25, 0.3) is 0 Å². The van der Waals surface area contributed by atoms with Crippen molar-refractivity contribution in [2.75, 3.05) is 26.2 Å². The molecule has 2 aliphatic rings. The first-order valence-corrected chi connectivity index (χ1v) is 19.5.